The number of methoxy groups -OCH3 is 2. The van der Waals surface area contributed by atoms with Crippen molar-refractivity contribution in [2.45, 2.75) is 45.7 Å². The molecule has 2 atom stereocenters. The molecule has 0 aromatic heterocycles. The van der Waals surface area contributed by atoms with Crippen LogP contribution in [0.25, 0.3) is 0 Å². The van der Waals surface area contributed by atoms with Crippen LogP contribution >= 0.6 is 0 Å². The Balaban J connectivity index is 2.38. The largest absolute Gasteiger partial charge is 0.497 e. The number of amides is 2. The smallest absolute Gasteiger partial charge is 0.244 e. The molecule has 1 N–H and O–H groups in total. The van der Waals surface area contributed by atoms with Crippen molar-refractivity contribution in [1.82, 2.24) is 10.2 Å². The lowest BCUT2D eigenvalue weighted by atomic mass is 10.1. The molecule has 36 heavy (non-hydrogen) atoms. The third-order valence-corrected chi connectivity index (χ3v) is 7.11. The van der Waals surface area contributed by atoms with Gasteiger partial charge in [0.15, 0.2) is 0 Å². The minimum absolute atomic E-state index is 0.0536. The van der Waals surface area contributed by atoms with Gasteiger partial charge in [0.1, 0.15) is 24.1 Å². The third-order valence-electron chi connectivity index (χ3n) is 5.99. The van der Waals surface area contributed by atoms with E-state index in [0.29, 0.717) is 12.2 Å². The summed E-state index contributed by atoms with van der Waals surface area (Å²) in [5.74, 6) is -0.0686. The number of anilines is 1. The zero-order valence-electron chi connectivity index (χ0n) is 21.9. The van der Waals surface area contributed by atoms with Gasteiger partial charge in [-0.25, -0.2) is 8.42 Å². The van der Waals surface area contributed by atoms with Crippen molar-refractivity contribution in [1.29, 1.82) is 0 Å². The molecule has 0 saturated heterocycles. The Kier molecular flexibility index (Phi) is 10.6. The van der Waals surface area contributed by atoms with Gasteiger partial charge in [-0.3, -0.25) is 13.9 Å². The predicted molar refractivity (Wildman–Crippen MR) is 141 cm³/mol. The van der Waals surface area contributed by atoms with E-state index >= 15 is 0 Å². The van der Waals surface area contributed by atoms with Crippen molar-refractivity contribution in [3.8, 4) is 11.5 Å². The van der Waals surface area contributed by atoms with Crippen LogP contribution in [-0.4, -0.2) is 70.8 Å². The number of carbonyl (C=O) groups excluding carboxylic acids is 2. The van der Waals surface area contributed by atoms with Gasteiger partial charge in [0.2, 0.25) is 21.8 Å². The number of sulfonamides is 1. The van der Waals surface area contributed by atoms with Gasteiger partial charge < -0.3 is 19.7 Å². The van der Waals surface area contributed by atoms with E-state index in [4.69, 9.17) is 9.47 Å². The molecule has 0 unspecified atom stereocenters. The Morgan fingerprint density at radius 2 is 1.69 bits per heavy atom. The molecule has 2 aromatic rings. The fourth-order valence-electron chi connectivity index (χ4n) is 3.62. The molecule has 0 radical (unpaired) electrons. The summed E-state index contributed by atoms with van der Waals surface area (Å²) in [4.78, 5) is 27.9. The first-order valence-electron chi connectivity index (χ1n) is 11.8. The molecule has 0 fully saturated rings. The molecule has 0 heterocycles. The second kappa shape index (κ2) is 13.2. The number of ether oxygens (including phenoxy) is 2. The summed E-state index contributed by atoms with van der Waals surface area (Å²) in [5.41, 5.74) is 1.20. The fourth-order valence-corrected chi connectivity index (χ4v) is 4.47. The Bertz CT molecular complexity index is 1120. The Morgan fingerprint density at radius 1 is 1.03 bits per heavy atom. The summed E-state index contributed by atoms with van der Waals surface area (Å²) in [6.45, 7) is 5.26. The average Bonchev–Trinajstić information content (AvgIpc) is 2.86. The van der Waals surface area contributed by atoms with Crippen LogP contribution in [0.2, 0.25) is 0 Å². The maximum absolute atomic E-state index is 13.6. The molecule has 198 valence electrons. The Labute approximate surface area is 214 Å². The van der Waals surface area contributed by atoms with E-state index in [1.54, 1.807) is 19.1 Å². The molecule has 2 amide bonds. The highest BCUT2D eigenvalue weighted by atomic mass is 32.2. The van der Waals surface area contributed by atoms with Gasteiger partial charge in [0, 0.05) is 18.7 Å². The molecule has 0 spiro atoms. The lowest BCUT2D eigenvalue weighted by Gasteiger charge is -2.32. The maximum Gasteiger partial charge on any atom is 0.244 e. The standard InChI is InChI=1S/C26H37N3O6S/c1-7-19(2)27-26(31)20(3)28(16-15-21-11-9-8-10-12-21)25(30)18-29(36(6,32)33)23-14-13-22(34-4)17-24(23)35-5/h8-14,17,19-20H,7,15-16,18H2,1-6H3,(H,27,31)/t19-,20+/m1/s1. The summed E-state index contributed by atoms with van der Waals surface area (Å²) in [6, 6.07) is 13.4. The lowest BCUT2D eigenvalue weighted by Crippen LogP contribution is -2.53. The third kappa shape index (κ3) is 7.87. The molecule has 9 nitrogen and oxygen atoms in total. The monoisotopic (exact) mass is 519 g/mol. The van der Waals surface area contributed by atoms with E-state index in [1.807, 2.05) is 44.2 Å². The van der Waals surface area contributed by atoms with Gasteiger partial charge in [-0.1, -0.05) is 37.3 Å². The summed E-state index contributed by atoms with van der Waals surface area (Å²) < 4.78 is 37.1. The van der Waals surface area contributed by atoms with Crippen molar-refractivity contribution in [3.05, 3.63) is 54.1 Å². The molecule has 2 aromatic carbocycles. The van der Waals surface area contributed by atoms with Gasteiger partial charge in [-0.15, -0.1) is 0 Å². The fraction of sp³-hybridized carbons (Fsp3) is 0.462. The molecule has 0 saturated carbocycles. The Morgan fingerprint density at radius 3 is 2.25 bits per heavy atom. The predicted octanol–water partition coefficient (Wildman–Crippen LogP) is 2.84. The van der Waals surface area contributed by atoms with Crippen molar-refractivity contribution < 1.29 is 27.5 Å². The molecule has 0 bridgehead atoms. The highest BCUT2D eigenvalue weighted by molar-refractivity contribution is 7.92. The molecular weight excluding hydrogens is 482 g/mol. The van der Waals surface area contributed by atoms with E-state index in [9.17, 15) is 18.0 Å². The summed E-state index contributed by atoms with van der Waals surface area (Å²) in [7, 11) is -0.971. The van der Waals surface area contributed by atoms with E-state index in [1.165, 1.54) is 25.2 Å². The molecule has 2 rings (SSSR count). The second-order valence-electron chi connectivity index (χ2n) is 8.62. The van der Waals surface area contributed by atoms with Crippen molar-refractivity contribution in [3.63, 3.8) is 0 Å². The molecule has 0 aliphatic heterocycles. The first-order chi connectivity index (χ1) is 17.0. The molecular formula is C26H37N3O6S. The topological polar surface area (TPSA) is 105 Å². The molecule has 0 aliphatic rings. The van der Waals surface area contributed by atoms with Crippen LogP contribution in [0, 0.1) is 0 Å². The lowest BCUT2D eigenvalue weighted by molar-refractivity contribution is -0.139. The number of carbonyl (C=O) groups is 2. The number of hydrogen-bond acceptors (Lipinski definition) is 6. The minimum atomic E-state index is -3.87. The van der Waals surface area contributed by atoms with Crippen molar-refractivity contribution in [2.24, 2.45) is 0 Å². The zero-order valence-corrected chi connectivity index (χ0v) is 22.7. The average molecular weight is 520 g/mol. The van der Waals surface area contributed by atoms with Crippen LogP contribution in [0.1, 0.15) is 32.8 Å². The van der Waals surface area contributed by atoms with Crippen LogP contribution in [0.5, 0.6) is 11.5 Å². The molecule has 10 heteroatoms. The normalized spacial score (nSPS) is 12.8. The van der Waals surface area contributed by atoms with Gasteiger partial charge in [-0.05, 0) is 44.4 Å². The van der Waals surface area contributed by atoms with E-state index in [2.05, 4.69) is 5.32 Å². The second-order valence-corrected chi connectivity index (χ2v) is 10.5. The summed E-state index contributed by atoms with van der Waals surface area (Å²) in [5, 5.41) is 2.91. The van der Waals surface area contributed by atoms with Crippen molar-refractivity contribution >= 4 is 27.5 Å². The Hall–Kier alpha value is -3.27. The first kappa shape index (κ1) is 29.0. The number of benzene rings is 2. The quantitative estimate of drug-likeness (QED) is 0.436. The van der Waals surface area contributed by atoms with Crippen LogP contribution < -0.4 is 19.1 Å². The van der Waals surface area contributed by atoms with E-state index in [-0.39, 0.29) is 29.9 Å². The highest BCUT2D eigenvalue weighted by Crippen LogP contribution is 2.33. The number of nitrogens with zero attached hydrogens (tertiary/aromatic N) is 2. The SMILES string of the molecule is CC[C@@H](C)NC(=O)[C@H](C)N(CCc1ccccc1)C(=O)CN(c1ccc(OC)cc1OC)S(C)(=O)=O. The molecule has 0 aliphatic carbocycles. The summed E-state index contributed by atoms with van der Waals surface area (Å²) >= 11 is 0. The number of hydrogen-bond donors (Lipinski definition) is 1. The number of nitrogens with one attached hydrogen (secondary N) is 1. The van der Waals surface area contributed by atoms with Gasteiger partial charge in [-0.2, -0.15) is 0 Å². The van der Waals surface area contributed by atoms with E-state index in [0.717, 1.165) is 22.5 Å². The zero-order chi connectivity index (χ0) is 26.9. The summed E-state index contributed by atoms with van der Waals surface area (Å²) in [6.07, 6.45) is 2.28. The van der Waals surface area contributed by atoms with Gasteiger partial charge in [0.25, 0.3) is 0 Å². The van der Waals surface area contributed by atoms with Crippen LogP contribution in [0.3, 0.4) is 0 Å². The minimum Gasteiger partial charge on any atom is -0.497 e. The van der Waals surface area contributed by atoms with E-state index < -0.39 is 28.5 Å². The van der Waals surface area contributed by atoms with Crippen LogP contribution in [0.15, 0.2) is 48.5 Å². The van der Waals surface area contributed by atoms with Crippen LogP contribution in [-0.2, 0) is 26.0 Å². The van der Waals surface area contributed by atoms with Gasteiger partial charge >= 0.3 is 0 Å². The van der Waals surface area contributed by atoms with Crippen LogP contribution in [0.4, 0.5) is 5.69 Å². The highest BCUT2D eigenvalue weighted by Gasteiger charge is 2.31. The van der Waals surface area contributed by atoms with Gasteiger partial charge in [0.05, 0.1) is 26.2 Å². The van der Waals surface area contributed by atoms with Crippen molar-refractivity contribution in [2.75, 3.05) is 37.9 Å². The maximum atomic E-state index is 13.6. The first-order valence-corrected chi connectivity index (χ1v) is 13.7. The number of rotatable bonds is 13.